The molecule has 0 aliphatic carbocycles. The highest BCUT2D eigenvalue weighted by Gasteiger charge is 2.25. The van der Waals surface area contributed by atoms with Gasteiger partial charge in [0.1, 0.15) is 22.3 Å². The number of hydrogen-bond donors (Lipinski definition) is 0. The highest BCUT2D eigenvalue weighted by molar-refractivity contribution is 7.26. The van der Waals surface area contributed by atoms with E-state index in [-0.39, 0.29) is 0 Å². The molecule has 0 bridgehead atoms. The van der Waals surface area contributed by atoms with Crippen LogP contribution in [0.1, 0.15) is 0 Å². The van der Waals surface area contributed by atoms with Gasteiger partial charge >= 0.3 is 0 Å². The quantitative estimate of drug-likeness (QED) is 0.133. The number of para-hydroxylation sites is 6. The number of thiophene rings is 2. The molecule has 0 atom stereocenters. The van der Waals surface area contributed by atoms with E-state index in [9.17, 15) is 0 Å². The molecule has 0 N–H and O–H groups in total. The summed E-state index contributed by atoms with van der Waals surface area (Å²) in [5.41, 5.74) is 19.8. The highest BCUT2D eigenvalue weighted by atomic mass is 32.1. The first-order chi connectivity index (χ1) is 56.5. The van der Waals surface area contributed by atoms with E-state index in [1.807, 2.05) is 12.1 Å². The molecule has 0 amide bonds. The Morgan fingerprint density at radius 3 is 1.01 bits per heavy atom. The normalized spacial score (nSPS) is 11.9. The summed E-state index contributed by atoms with van der Waals surface area (Å²) in [5.74, 6) is 3.55. The highest BCUT2D eigenvalue weighted by Crippen LogP contribution is 2.46. The Morgan fingerprint density at radius 2 is 0.526 bits per heavy atom. The number of benzene rings is 16. The fraction of sp³-hybridized carbons (Fsp3) is 0. The van der Waals surface area contributed by atoms with E-state index in [0.29, 0.717) is 34.9 Å². The number of nitrogens with zero attached hydrogens (tertiary/aromatic N) is 8. The Kier molecular flexibility index (Phi) is 15.1. The van der Waals surface area contributed by atoms with Gasteiger partial charge in [0.15, 0.2) is 34.9 Å². The van der Waals surface area contributed by atoms with Crippen molar-refractivity contribution in [2.45, 2.75) is 0 Å². The van der Waals surface area contributed by atoms with Crippen molar-refractivity contribution in [2.24, 2.45) is 0 Å². The molecule has 0 saturated carbocycles. The van der Waals surface area contributed by atoms with Gasteiger partial charge in [-0.1, -0.05) is 237 Å². The molecule has 10 nitrogen and oxygen atoms in total. The van der Waals surface area contributed by atoms with Gasteiger partial charge in [0.2, 0.25) is 0 Å². The van der Waals surface area contributed by atoms with Crippen LogP contribution in [0.15, 0.2) is 373 Å². The van der Waals surface area contributed by atoms with E-state index in [0.717, 1.165) is 144 Å². The summed E-state index contributed by atoms with van der Waals surface area (Å²) in [6.45, 7) is 0. The van der Waals surface area contributed by atoms with Crippen molar-refractivity contribution in [3.05, 3.63) is 364 Å². The molecule has 16 aromatic carbocycles. The van der Waals surface area contributed by atoms with Crippen molar-refractivity contribution in [1.82, 2.24) is 39.0 Å². The second-order valence-electron chi connectivity index (χ2n) is 28.8. The zero-order chi connectivity index (χ0) is 74.9. The minimum Gasteiger partial charge on any atom is -0.455 e. The Hall–Kier alpha value is -14.8. The number of fused-ring (bicyclic) bond motifs is 18. The van der Waals surface area contributed by atoms with Gasteiger partial charge in [-0.05, 0) is 150 Å². The van der Waals surface area contributed by atoms with E-state index in [1.165, 1.54) is 51.1 Å². The maximum absolute atomic E-state index is 6.87. The molecule has 8 heterocycles. The van der Waals surface area contributed by atoms with Crippen LogP contribution in [-0.4, -0.2) is 39.0 Å². The first-order valence-electron chi connectivity index (χ1n) is 38.0. The zero-order valence-electron chi connectivity index (χ0n) is 60.9. The summed E-state index contributed by atoms with van der Waals surface area (Å²) >= 11 is 3.61. The lowest BCUT2D eigenvalue weighted by Gasteiger charge is -2.10. The summed E-state index contributed by atoms with van der Waals surface area (Å²) < 4.78 is 23.4. The molecular weight excluding hydrogens is 1430 g/mol. The van der Waals surface area contributed by atoms with Gasteiger partial charge in [0.25, 0.3) is 0 Å². The fourth-order valence-electron chi connectivity index (χ4n) is 16.7. The number of rotatable bonds is 10. The van der Waals surface area contributed by atoms with Crippen LogP contribution >= 0.6 is 22.7 Å². The Bertz CT molecular complexity index is 7980. The van der Waals surface area contributed by atoms with Gasteiger partial charge in [0, 0.05) is 117 Å². The molecular formula is C102H60N8O2S2. The second-order valence-corrected chi connectivity index (χ2v) is 31.0. The number of aromatic nitrogens is 8. The molecule has 0 fully saturated rings. The maximum Gasteiger partial charge on any atom is 0.167 e. The van der Waals surface area contributed by atoms with E-state index in [4.69, 9.17) is 38.7 Å². The average molecular weight is 1490 g/mol. The van der Waals surface area contributed by atoms with Crippen LogP contribution in [0.2, 0.25) is 0 Å². The SMILES string of the molecule is c1ccc(-c2ccc(-c3nc(-c4ccc5sc6ccccc6c5c4)nc(-c4cccc5c4oc4cc6c7ccccc7n(-c7ccccc7)c6cc45)n3)cc2)cc1.c1ccc(-c2cccc(-c3nc(-c4ccc5sc6ccccc6c5c4)nc(-c4cccc5c4oc4cc6c7ccccc7n(-c7ccccc7)c6cc45)n3)c2)cc1. The van der Waals surface area contributed by atoms with Crippen molar-refractivity contribution in [1.29, 1.82) is 0 Å². The number of hydrogen-bond acceptors (Lipinski definition) is 10. The summed E-state index contributed by atoms with van der Waals surface area (Å²) in [7, 11) is 0. The fourth-order valence-corrected chi connectivity index (χ4v) is 18.9. The number of furan rings is 2. The third-order valence-electron chi connectivity index (χ3n) is 22.1. The lowest BCUT2D eigenvalue weighted by molar-refractivity contribution is 0.669. The van der Waals surface area contributed by atoms with Crippen LogP contribution in [0.5, 0.6) is 0 Å². The minimum atomic E-state index is 0.559. The van der Waals surface area contributed by atoms with Crippen molar-refractivity contribution < 1.29 is 8.83 Å². The largest absolute Gasteiger partial charge is 0.455 e. The Morgan fingerprint density at radius 1 is 0.193 bits per heavy atom. The minimum absolute atomic E-state index is 0.559. The summed E-state index contributed by atoms with van der Waals surface area (Å²) in [6, 6.07) is 128. The smallest absolute Gasteiger partial charge is 0.167 e. The van der Waals surface area contributed by atoms with Crippen LogP contribution in [0.25, 0.3) is 230 Å². The Labute approximate surface area is 659 Å². The lowest BCUT2D eigenvalue weighted by Crippen LogP contribution is -2.00. The van der Waals surface area contributed by atoms with Crippen LogP contribution in [0.3, 0.4) is 0 Å². The molecule has 0 aliphatic heterocycles. The molecule has 0 unspecified atom stereocenters. The molecule has 0 spiro atoms. The molecule has 532 valence electrons. The Balaban J connectivity index is 0.000000135. The van der Waals surface area contributed by atoms with Gasteiger partial charge < -0.3 is 18.0 Å². The third-order valence-corrected chi connectivity index (χ3v) is 24.4. The van der Waals surface area contributed by atoms with E-state index in [2.05, 4.69) is 361 Å². The van der Waals surface area contributed by atoms with E-state index >= 15 is 0 Å². The summed E-state index contributed by atoms with van der Waals surface area (Å²) in [6.07, 6.45) is 0. The monoisotopic (exact) mass is 1490 g/mol. The van der Waals surface area contributed by atoms with Crippen LogP contribution < -0.4 is 0 Å². The van der Waals surface area contributed by atoms with Crippen LogP contribution in [-0.2, 0) is 0 Å². The summed E-state index contributed by atoms with van der Waals surface area (Å²) in [5, 5.41) is 13.6. The average Bonchev–Trinajstić information content (AvgIpc) is 1.57. The van der Waals surface area contributed by atoms with Crippen molar-refractivity contribution >= 4 is 151 Å². The van der Waals surface area contributed by atoms with E-state index in [1.54, 1.807) is 22.7 Å². The van der Waals surface area contributed by atoms with Crippen molar-refractivity contribution in [3.8, 4) is 102 Å². The molecule has 114 heavy (non-hydrogen) atoms. The maximum atomic E-state index is 6.87. The molecule has 0 aliphatic rings. The summed E-state index contributed by atoms with van der Waals surface area (Å²) in [4.78, 5) is 31.1. The van der Waals surface area contributed by atoms with Gasteiger partial charge in [-0.2, -0.15) is 0 Å². The molecule has 8 aromatic heterocycles. The van der Waals surface area contributed by atoms with Crippen LogP contribution in [0.4, 0.5) is 0 Å². The predicted molar refractivity (Wildman–Crippen MR) is 472 cm³/mol. The molecule has 0 saturated heterocycles. The molecule has 12 heteroatoms. The van der Waals surface area contributed by atoms with Crippen molar-refractivity contribution in [3.63, 3.8) is 0 Å². The first kappa shape index (κ1) is 65.1. The molecule has 24 aromatic rings. The van der Waals surface area contributed by atoms with Gasteiger partial charge in [0.05, 0.1) is 33.2 Å². The molecule has 24 rings (SSSR count). The zero-order valence-corrected chi connectivity index (χ0v) is 62.5. The standard InChI is InChI=1S/2C51H30N4OS/c1-3-13-31(14-4-1)32-15-11-16-33(27-32)49-52-50(34-25-26-47-42(28-34)37-20-8-10-24-46(37)57-47)54-51(53-49)39-22-12-21-38-41-29-44-40(30-45(41)56-48(38)39)36-19-7-9-23-43(36)55(44)35-17-5-2-6-18-35;1-3-12-31(13-4-1)32-22-24-33(25-23-32)49-52-50(34-26-27-47-42(28-34)37-17-8-10-21-46(37)57-47)54-51(53-49)39-19-11-18-38-41-29-44-40(30-45(41)56-48(38)39)36-16-7-9-20-43(36)55(44)35-14-5-2-6-15-35/h2*1-30H. The topological polar surface area (TPSA) is 113 Å². The van der Waals surface area contributed by atoms with Gasteiger partial charge in [-0.15, -0.1) is 22.7 Å². The first-order valence-corrected chi connectivity index (χ1v) is 39.7. The lowest BCUT2D eigenvalue weighted by atomic mass is 10.0. The second kappa shape index (κ2) is 26.5. The van der Waals surface area contributed by atoms with Gasteiger partial charge in [-0.25, -0.2) is 29.9 Å². The van der Waals surface area contributed by atoms with Crippen LogP contribution in [0, 0.1) is 0 Å². The van der Waals surface area contributed by atoms with Crippen molar-refractivity contribution in [2.75, 3.05) is 0 Å². The predicted octanol–water partition coefficient (Wildman–Crippen LogP) is 27.8. The third kappa shape index (κ3) is 10.9. The van der Waals surface area contributed by atoms with Gasteiger partial charge in [-0.3, -0.25) is 0 Å². The van der Waals surface area contributed by atoms with E-state index < -0.39 is 0 Å². The molecule has 0 radical (unpaired) electrons.